The van der Waals surface area contributed by atoms with Gasteiger partial charge in [0, 0.05) is 13.8 Å². The maximum absolute atomic E-state index is 11.5. The molecule has 0 saturated carbocycles. The number of esters is 3. The van der Waals surface area contributed by atoms with E-state index in [1.54, 1.807) is 13.0 Å². The lowest BCUT2D eigenvalue weighted by molar-refractivity contribution is -0.144. The predicted molar refractivity (Wildman–Crippen MR) is 77.4 cm³/mol. The van der Waals surface area contributed by atoms with Gasteiger partial charge in [-0.1, -0.05) is 6.07 Å². The van der Waals surface area contributed by atoms with Crippen LogP contribution < -0.4 is 15.2 Å². The summed E-state index contributed by atoms with van der Waals surface area (Å²) in [5.74, 6) is -1.39. The van der Waals surface area contributed by atoms with Crippen molar-refractivity contribution in [1.29, 1.82) is 0 Å². The zero-order valence-electron chi connectivity index (χ0n) is 12.8. The third kappa shape index (κ3) is 5.53. The molecule has 0 fully saturated rings. The molecule has 0 heterocycles. The van der Waals surface area contributed by atoms with E-state index in [2.05, 4.69) is 0 Å². The van der Waals surface area contributed by atoms with Gasteiger partial charge in [-0.25, -0.2) is 0 Å². The molecule has 0 amide bonds. The molecule has 0 saturated heterocycles. The zero-order chi connectivity index (χ0) is 16.7. The first kappa shape index (κ1) is 17.6. The number of rotatable bonds is 6. The van der Waals surface area contributed by atoms with Crippen LogP contribution in [0.3, 0.4) is 0 Å². The number of hydrogen-bond donors (Lipinski definition) is 1. The summed E-state index contributed by atoms with van der Waals surface area (Å²) in [6.07, 6.45) is 0.202. The first-order chi connectivity index (χ1) is 10.3. The third-order valence-corrected chi connectivity index (χ3v) is 2.56. The van der Waals surface area contributed by atoms with E-state index in [9.17, 15) is 14.4 Å². The highest BCUT2D eigenvalue weighted by Gasteiger charge is 2.17. The molecule has 0 aliphatic rings. The Morgan fingerprint density at radius 3 is 2.23 bits per heavy atom. The van der Waals surface area contributed by atoms with Crippen LogP contribution in [-0.4, -0.2) is 30.6 Å². The largest absolute Gasteiger partial charge is 0.465 e. The number of ether oxygens (including phenoxy) is 3. The van der Waals surface area contributed by atoms with E-state index >= 15 is 0 Å². The summed E-state index contributed by atoms with van der Waals surface area (Å²) in [4.78, 5) is 33.7. The summed E-state index contributed by atoms with van der Waals surface area (Å²) >= 11 is 0. The quantitative estimate of drug-likeness (QED) is 0.616. The topological polar surface area (TPSA) is 105 Å². The van der Waals surface area contributed by atoms with E-state index in [1.165, 1.54) is 26.0 Å². The van der Waals surface area contributed by atoms with Gasteiger partial charge in [0.05, 0.1) is 6.61 Å². The summed E-state index contributed by atoms with van der Waals surface area (Å²) in [5, 5.41) is 0. The molecule has 2 N–H and O–H groups in total. The normalized spacial score (nSPS) is 11.5. The smallest absolute Gasteiger partial charge is 0.323 e. The number of benzene rings is 1. The highest BCUT2D eigenvalue weighted by Crippen LogP contribution is 2.29. The van der Waals surface area contributed by atoms with E-state index < -0.39 is 23.9 Å². The second kappa shape index (κ2) is 8.14. The van der Waals surface area contributed by atoms with Crippen molar-refractivity contribution in [2.24, 2.45) is 5.73 Å². The van der Waals surface area contributed by atoms with Crippen LogP contribution in [0.5, 0.6) is 11.5 Å². The van der Waals surface area contributed by atoms with Gasteiger partial charge in [-0.2, -0.15) is 0 Å². The second-order valence-electron chi connectivity index (χ2n) is 4.53. The number of hydrogen-bond acceptors (Lipinski definition) is 7. The minimum atomic E-state index is -0.829. The number of nitrogens with two attached hydrogens (primary N) is 1. The lowest BCUT2D eigenvalue weighted by atomic mass is 10.1. The van der Waals surface area contributed by atoms with Crippen LogP contribution >= 0.6 is 0 Å². The fourth-order valence-electron chi connectivity index (χ4n) is 1.74. The van der Waals surface area contributed by atoms with E-state index in [-0.39, 0.29) is 24.5 Å². The fraction of sp³-hybridized carbons (Fsp3) is 0.400. The Morgan fingerprint density at radius 1 is 1.09 bits per heavy atom. The molecule has 7 heteroatoms. The van der Waals surface area contributed by atoms with Crippen LogP contribution in [0, 0.1) is 0 Å². The number of carbonyl (C=O) groups excluding carboxylic acids is 3. The molecule has 0 unspecified atom stereocenters. The average molecular weight is 309 g/mol. The van der Waals surface area contributed by atoms with Crippen molar-refractivity contribution in [2.75, 3.05) is 6.61 Å². The molecule has 1 aromatic rings. The Hall–Kier alpha value is -2.41. The van der Waals surface area contributed by atoms with Crippen LogP contribution in [0.4, 0.5) is 0 Å². The SMILES string of the molecule is CCOC(=O)[C@@H](N)Cc1ccc(OC(C)=O)c(OC(C)=O)c1. The molecule has 0 aliphatic heterocycles. The lowest BCUT2D eigenvalue weighted by Gasteiger charge is -2.13. The molecule has 1 atom stereocenters. The van der Waals surface area contributed by atoms with Gasteiger partial charge in [0.25, 0.3) is 0 Å². The van der Waals surface area contributed by atoms with Gasteiger partial charge in [-0.15, -0.1) is 0 Å². The molecule has 120 valence electrons. The molecule has 22 heavy (non-hydrogen) atoms. The Balaban J connectivity index is 2.95. The fourth-order valence-corrected chi connectivity index (χ4v) is 1.74. The molecule has 1 rings (SSSR count). The van der Waals surface area contributed by atoms with Gasteiger partial charge in [0.2, 0.25) is 0 Å². The maximum Gasteiger partial charge on any atom is 0.323 e. The molecular formula is C15H19NO6. The highest BCUT2D eigenvalue weighted by molar-refractivity contribution is 5.76. The van der Waals surface area contributed by atoms with Crippen LogP contribution in [0.1, 0.15) is 26.3 Å². The standard InChI is InChI=1S/C15H19NO6/c1-4-20-15(19)12(16)7-11-5-6-13(21-9(2)17)14(8-11)22-10(3)18/h5-6,8,12H,4,7,16H2,1-3H3/t12-/m0/s1. The first-order valence-electron chi connectivity index (χ1n) is 6.75. The Morgan fingerprint density at radius 2 is 1.68 bits per heavy atom. The molecule has 0 radical (unpaired) electrons. The van der Waals surface area contributed by atoms with Crippen LogP contribution in [-0.2, 0) is 25.5 Å². The van der Waals surface area contributed by atoms with Crippen LogP contribution in [0.15, 0.2) is 18.2 Å². The molecular weight excluding hydrogens is 290 g/mol. The van der Waals surface area contributed by atoms with Gasteiger partial charge < -0.3 is 19.9 Å². The Bertz CT molecular complexity index is 569. The van der Waals surface area contributed by atoms with Crippen LogP contribution in [0.25, 0.3) is 0 Å². The second-order valence-corrected chi connectivity index (χ2v) is 4.53. The number of carbonyl (C=O) groups is 3. The van der Waals surface area contributed by atoms with Gasteiger partial charge in [-0.05, 0) is 31.0 Å². The molecule has 0 spiro atoms. The summed E-state index contributed by atoms with van der Waals surface area (Å²) < 4.78 is 14.8. The van der Waals surface area contributed by atoms with Gasteiger partial charge in [-0.3, -0.25) is 14.4 Å². The van der Waals surface area contributed by atoms with E-state index in [4.69, 9.17) is 19.9 Å². The first-order valence-corrected chi connectivity index (χ1v) is 6.75. The van der Waals surface area contributed by atoms with Crippen molar-refractivity contribution in [3.05, 3.63) is 23.8 Å². The van der Waals surface area contributed by atoms with Gasteiger partial charge in [0.1, 0.15) is 6.04 Å². The van der Waals surface area contributed by atoms with Crippen molar-refractivity contribution < 1.29 is 28.6 Å². The van der Waals surface area contributed by atoms with Crippen molar-refractivity contribution in [3.8, 4) is 11.5 Å². The minimum Gasteiger partial charge on any atom is -0.465 e. The molecule has 0 bridgehead atoms. The van der Waals surface area contributed by atoms with Crippen LogP contribution in [0.2, 0.25) is 0 Å². The molecule has 1 aromatic carbocycles. The Kier molecular flexibility index (Phi) is 6.52. The lowest BCUT2D eigenvalue weighted by Crippen LogP contribution is -2.34. The van der Waals surface area contributed by atoms with Gasteiger partial charge in [0.15, 0.2) is 11.5 Å². The monoisotopic (exact) mass is 309 g/mol. The van der Waals surface area contributed by atoms with Crippen molar-refractivity contribution >= 4 is 17.9 Å². The zero-order valence-corrected chi connectivity index (χ0v) is 12.8. The summed E-state index contributed by atoms with van der Waals surface area (Å²) in [6.45, 7) is 4.41. The van der Waals surface area contributed by atoms with E-state index in [0.717, 1.165) is 0 Å². The average Bonchev–Trinajstić information content (AvgIpc) is 2.40. The summed E-state index contributed by atoms with van der Waals surface area (Å²) in [7, 11) is 0. The van der Waals surface area contributed by atoms with Crippen molar-refractivity contribution in [2.45, 2.75) is 33.2 Å². The van der Waals surface area contributed by atoms with Gasteiger partial charge >= 0.3 is 17.9 Å². The predicted octanol–water partition coefficient (Wildman–Crippen LogP) is 0.970. The Labute approximate surface area is 128 Å². The molecule has 0 aromatic heterocycles. The summed E-state index contributed by atoms with van der Waals surface area (Å²) in [6, 6.07) is 3.78. The van der Waals surface area contributed by atoms with E-state index in [1.807, 2.05) is 0 Å². The molecule has 0 aliphatic carbocycles. The molecule has 7 nitrogen and oxygen atoms in total. The maximum atomic E-state index is 11.5. The van der Waals surface area contributed by atoms with Crippen molar-refractivity contribution in [1.82, 2.24) is 0 Å². The third-order valence-electron chi connectivity index (χ3n) is 2.56. The summed E-state index contributed by atoms with van der Waals surface area (Å²) in [5.41, 5.74) is 6.38. The minimum absolute atomic E-state index is 0.0938. The van der Waals surface area contributed by atoms with Crippen molar-refractivity contribution in [3.63, 3.8) is 0 Å². The highest BCUT2D eigenvalue weighted by atomic mass is 16.6. The van der Waals surface area contributed by atoms with E-state index in [0.29, 0.717) is 5.56 Å².